The van der Waals surface area contributed by atoms with Crippen molar-refractivity contribution in [3.63, 3.8) is 0 Å². The highest BCUT2D eigenvalue weighted by Crippen LogP contribution is 2.26. The molecule has 1 aliphatic rings. The first kappa shape index (κ1) is 16.5. The molecule has 0 heterocycles. The van der Waals surface area contributed by atoms with Crippen LogP contribution >= 0.6 is 0 Å². The van der Waals surface area contributed by atoms with Crippen molar-refractivity contribution in [1.29, 1.82) is 0 Å². The lowest BCUT2D eigenvalue weighted by Gasteiger charge is -2.18. The van der Waals surface area contributed by atoms with Gasteiger partial charge in [-0.1, -0.05) is 26.3 Å². The van der Waals surface area contributed by atoms with E-state index in [4.69, 9.17) is 0 Å². The van der Waals surface area contributed by atoms with Crippen LogP contribution in [0.25, 0.3) is 0 Å². The second-order valence-electron chi connectivity index (χ2n) is 5.95. The van der Waals surface area contributed by atoms with E-state index in [1.165, 1.54) is 5.56 Å². The standard InChI is InChI=1S/C16H26N2O2S/c1-4-13-8-9-15(10-14(13)11-17-3)21(19,20)18-16-7-5-6-12(16)2/h8-10,12,16-18H,4-7,11H2,1-3H3. The van der Waals surface area contributed by atoms with Crippen molar-refractivity contribution in [3.8, 4) is 0 Å². The Bertz CT molecular complexity index is 584. The van der Waals surface area contributed by atoms with Crippen LogP contribution in [-0.2, 0) is 23.0 Å². The number of nitrogens with one attached hydrogen (secondary N) is 2. The minimum Gasteiger partial charge on any atom is -0.316 e. The number of hydrogen-bond acceptors (Lipinski definition) is 3. The zero-order valence-electron chi connectivity index (χ0n) is 13.1. The lowest BCUT2D eigenvalue weighted by molar-refractivity contribution is 0.476. The summed E-state index contributed by atoms with van der Waals surface area (Å²) in [6, 6.07) is 5.53. The first-order chi connectivity index (χ1) is 9.97. The van der Waals surface area contributed by atoms with Crippen LogP contribution in [0.15, 0.2) is 23.1 Å². The Kier molecular flexibility index (Phi) is 5.41. The predicted octanol–water partition coefficient (Wildman–Crippen LogP) is 2.44. The minimum absolute atomic E-state index is 0.0774. The van der Waals surface area contributed by atoms with E-state index in [0.717, 1.165) is 31.2 Å². The fraction of sp³-hybridized carbons (Fsp3) is 0.625. The van der Waals surface area contributed by atoms with Crippen LogP contribution in [0.1, 0.15) is 44.2 Å². The molecule has 1 fully saturated rings. The Morgan fingerprint density at radius 3 is 2.57 bits per heavy atom. The molecule has 1 aromatic carbocycles. The maximum Gasteiger partial charge on any atom is 0.240 e. The normalized spacial score (nSPS) is 22.6. The quantitative estimate of drug-likeness (QED) is 0.848. The van der Waals surface area contributed by atoms with E-state index in [2.05, 4.69) is 23.9 Å². The van der Waals surface area contributed by atoms with Crippen molar-refractivity contribution in [1.82, 2.24) is 10.0 Å². The number of aryl methyl sites for hydroxylation is 1. The van der Waals surface area contributed by atoms with Gasteiger partial charge in [-0.3, -0.25) is 0 Å². The van der Waals surface area contributed by atoms with Crippen molar-refractivity contribution < 1.29 is 8.42 Å². The Morgan fingerprint density at radius 1 is 1.24 bits per heavy atom. The van der Waals surface area contributed by atoms with Crippen molar-refractivity contribution in [3.05, 3.63) is 29.3 Å². The molecule has 1 aromatic rings. The molecule has 5 heteroatoms. The second kappa shape index (κ2) is 6.90. The zero-order chi connectivity index (χ0) is 15.5. The van der Waals surface area contributed by atoms with Gasteiger partial charge in [-0.2, -0.15) is 0 Å². The maximum atomic E-state index is 12.6. The van der Waals surface area contributed by atoms with Gasteiger partial charge in [0.2, 0.25) is 10.0 Å². The number of benzene rings is 1. The third-order valence-corrected chi connectivity index (χ3v) is 5.89. The molecular formula is C16H26N2O2S. The molecule has 0 bridgehead atoms. The van der Waals surface area contributed by atoms with Crippen LogP contribution in [0.5, 0.6) is 0 Å². The van der Waals surface area contributed by atoms with Gasteiger partial charge < -0.3 is 5.32 Å². The van der Waals surface area contributed by atoms with Crippen LogP contribution in [-0.4, -0.2) is 21.5 Å². The molecular weight excluding hydrogens is 284 g/mol. The average molecular weight is 310 g/mol. The molecule has 2 unspecified atom stereocenters. The molecule has 2 N–H and O–H groups in total. The van der Waals surface area contributed by atoms with Crippen LogP contribution < -0.4 is 10.0 Å². The van der Waals surface area contributed by atoms with Gasteiger partial charge in [0, 0.05) is 12.6 Å². The first-order valence-corrected chi connectivity index (χ1v) is 9.25. The van der Waals surface area contributed by atoms with Gasteiger partial charge in [0.25, 0.3) is 0 Å². The summed E-state index contributed by atoms with van der Waals surface area (Å²) in [6.45, 7) is 4.89. The predicted molar refractivity (Wildman–Crippen MR) is 85.7 cm³/mol. The van der Waals surface area contributed by atoms with Gasteiger partial charge in [-0.05, 0) is 55.5 Å². The van der Waals surface area contributed by atoms with E-state index >= 15 is 0 Å². The third-order valence-electron chi connectivity index (χ3n) is 4.40. The van der Waals surface area contributed by atoms with Crippen LogP contribution in [0.3, 0.4) is 0 Å². The maximum absolute atomic E-state index is 12.6. The topological polar surface area (TPSA) is 58.2 Å². The Hall–Kier alpha value is -0.910. The Morgan fingerprint density at radius 2 is 2.00 bits per heavy atom. The summed E-state index contributed by atoms with van der Waals surface area (Å²) >= 11 is 0. The van der Waals surface area contributed by atoms with Crippen LogP contribution in [0.2, 0.25) is 0 Å². The molecule has 0 spiro atoms. The van der Waals surface area contributed by atoms with Gasteiger partial charge >= 0.3 is 0 Å². The molecule has 0 saturated heterocycles. The lowest BCUT2D eigenvalue weighted by Crippen LogP contribution is -2.36. The summed E-state index contributed by atoms with van der Waals surface area (Å²) < 4.78 is 28.0. The summed E-state index contributed by atoms with van der Waals surface area (Å²) in [7, 11) is -1.55. The Labute approximate surface area is 128 Å². The first-order valence-electron chi connectivity index (χ1n) is 7.76. The van der Waals surface area contributed by atoms with E-state index < -0.39 is 10.0 Å². The summed E-state index contributed by atoms with van der Waals surface area (Å²) in [5.74, 6) is 0.423. The molecule has 21 heavy (non-hydrogen) atoms. The molecule has 0 aliphatic heterocycles. The molecule has 0 radical (unpaired) electrons. The highest BCUT2D eigenvalue weighted by atomic mass is 32.2. The van der Waals surface area contributed by atoms with Crippen molar-refractivity contribution in [2.45, 2.75) is 57.0 Å². The van der Waals surface area contributed by atoms with Crippen LogP contribution in [0.4, 0.5) is 0 Å². The molecule has 2 rings (SSSR count). The molecule has 1 saturated carbocycles. The highest BCUT2D eigenvalue weighted by Gasteiger charge is 2.28. The van der Waals surface area contributed by atoms with E-state index in [9.17, 15) is 8.42 Å². The van der Waals surface area contributed by atoms with Gasteiger partial charge in [0.15, 0.2) is 0 Å². The Balaban J connectivity index is 2.25. The van der Waals surface area contributed by atoms with Crippen molar-refractivity contribution in [2.75, 3.05) is 7.05 Å². The lowest BCUT2D eigenvalue weighted by atomic mass is 10.1. The van der Waals surface area contributed by atoms with E-state index in [1.54, 1.807) is 12.1 Å². The molecule has 4 nitrogen and oxygen atoms in total. The minimum atomic E-state index is -3.42. The van der Waals surface area contributed by atoms with E-state index in [1.807, 2.05) is 13.1 Å². The van der Waals surface area contributed by atoms with Gasteiger partial charge in [-0.15, -0.1) is 0 Å². The fourth-order valence-electron chi connectivity index (χ4n) is 3.06. The summed E-state index contributed by atoms with van der Waals surface area (Å²) in [6.07, 6.45) is 4.06. The number of sulfonamides is 1. The number of hydrogen-bond donors (Lipinski definition) is 2. The summed E-state index contributed by atoms with van der Waals surface area (Å²) in [4.78, 5) is 0.379. The second-order valence-corrected chi connectivity index (χ2v) is 7.66. The average Bonchev–Trinajstić information content (AvgIpc) is 2.84. The fourth-order valence-corrected chi connectivity index (χ4v) is 4.49. The van der Waals surface area contributed by atoms with Crippen molar-refractivity contribution in [2.24, 2.45) is 5.92 Å². The molecule has 2 atom stereocenters. The van der Waals surface area contributed by atoms with Gasteiger partial charge in [0.05, 0.1) is 4.90 Å². The SMILES string of the molecule is CCc1ccc(S(=O)(=O)NC2CCCC2C)cc1CNC. The van der Waals surface area contributed by atoms with Gasteiger partial charge in [0.1, 0.15) is 0 Å². The summed E-state index contributed by atoms with van der Waals surface area (Å²) in [5, 5.41) is 3.10. The van der Waals surface area contributed by atoms with Crippen LogP contribution in [0, 0.1) is 5.92 Å². The zero-order valence-corrected chi connectivity index (χ0v) is 14.0. The van der Waals surface area contributed by atoms with Crippen molar-refractivity contribution >= 4 is 10.0 Å². The van der Waals surface area contributed by atoms with E-state index in [-0.39, 0.29) is 6.04 Å². The molecule has 0 amide bonds. The largest absolute Gasteiger partial charge is 0.316 e. The summed E-state index contributed by atoms with van der Waals surface area (Å²) in [5.41, 5.74) is 2.25. The molecule has 0 aromatic heterocycles. The van der Waals surface area contributed by atoms with E-state index in [0.29, 0.717) is 17.4 Å². The number of rotatable bonds is 6. The monoisotopic (exact) mass is 310 g/mol. The highest BCUT2D eigenvalue weighted by molar-refractivity contribution is 7.89. The smallest absolute Gasteiger partial charge is 0.240 e. The third kappa shape index (κ3) is 3.84. The molecule has 1 aliphatic carbocycles. The van der Waals surface area contributed by atoms with Gasteiger partial charge in [-0.25, -0.2) is 13.1 Å². The molecule has 118 valence electrons.